The van der Waals surface area contributed by atoms with Gasteiger partial charge in [-0.25, -0.2) is 0 Å². The minimum atomic E-state index is -1.02. The first kappa shape index (κ1) is 15.6. The summed E-state index contributed by atoms with van der Waals surface area (Å²) in [5.74, 6) is -2.06. The molecule has 0 saturated carbocycles. The van der Waals surface area contributed by atoms with E-state index in [-0.39, 0.29) is 24.6 Å². The monoisotopic (exact) mass is 280 g/mol. The van der Waals surface area contributed by atoms with Crippen molar-refractivity contribution in [2.45, 2.75) is 20.3 Å². The van der Waals surface area contributed by atoms with Gasteiger partial charge in [-0.05, 0) is 6.07 Å². The van der Waals surface area contributed by atoms with Gasteiger partial charge in [0, 0.05) is 25.1 Å². The van der Waals surface area contributed by atoms with Crippen LogP contribution < -0.4 is 4.90 Å². The van der Waals surface area contributed by atoms with Crippen molar-refractivity contribution in [3.8, 4) is 0 Å². The summed E-state index contributed by atoms with van der Waals surface area (Å²) in [4.78, 5) is 34.3. The second kappa shape index (κ2) is 6.65. The first-order valence-corrected chi connectivity index (χ1v) is 6.14. The summed E-state index contributed by atoms with van der Waals surface area (Å²) in [6.45, 7) is 3.11. The Morgan fingerprint density at radius 3 is 2.60 bits per heavy atom. The summed E-state index contributed by atoms with van der Waals surface area (Å²) < 4.78 is 0. The highest BCUT2D eigenvalue weighted by atomic mass is 16.6. The van der Waals surface area contributed by atoms with Gasteiger partial charge >= 0.3 is 5.97 Å². The summed E-state index contributed by atoms with van der Waals surface area (Å²) in [5, 5.41) is 19.7. The molecule has 1 aromatic carbocycles. The van der Waals surface area contributed by atoms with Crippen molar-refractivity contribution >= 4 is 23.3 Å². The lowest BCUT2D eigenvalue weighted by Crippen LogP contribution is -2.36. The number of nitro benzene ring substituents is 1. The molecule has 0 aliphatic heterocycles. The first-order valence-electron chi connectivity index (χ1n) is 6.14. The van der Waals surface area contributed by atoms with Gasteiger partial charge in [0.1, 0.15) is 0 Å². The Kier molecular flexibility index (Phi) is 5.19. The van der Waals surface area contributed by atoms with Crippen LogP contribution in [0.4, 0.5) is 11.4 Å². The van der Waals surface area contributed by atoms with Gasteiger partial charge in [-0.15, -0.1) is 0 Å². The smallest absolute Gasteiger partial charge is 0.308 e. The number of nitrogens with zero attached hydrogens (tertiary/aromatic N) is 2. The third-order valence-electron chi connectivity index (χ3n) is 2.83. The maximum Gasteiger partial charge on any atom is 0.308 e. The average Bonchev–Trinajstić information content (AvgIpc) is 2.43. The standard InChI is InChI=1S/C13H16N2O5/c1-3-12(16)14(8-9(2)13(17)18)10-5-4-6-11(7-10)15(19)20/h4-7,9H,3,8H2,1-2H3,(H,17,18). The minimum Gasteiger partial charge on any atom is -0.481 e. The van der Waals surface area contributed by atoms with Crippen LogP contribution in [0.25, 0.3) is 0 Å². The molecule has 1 rings (SSSR count). The molecule has 1 atom stereocenters. The van der Waals surface area contributed by atoms with E-state index in [4.69, 9.17) is 5.11 Å². The third kappa shape index (κ3) is 3.78. The lowest BCUT2D eigenvalue weighted by molar-refractivity contribution is -0.384. The Labute approximate surface area is 116 Å². The lowest BCUT2D eigenvalue weighted by Gasteiger charge is -2.24. The number of carboxylic acids is 1. The average molecular weight is 280 g/mol. The molecule has 7 heteroatoms. The Morgan fingerprint density at radius 1 is 1.45 bits per heavy atom. The molecule has 108 valence electrons. The topological polar surface area (TPSA) is 101 Å². The number of nitro groups is 1. The Hall–Kier alpha value is -2.44. The van der Waals surface area contributed by atoms with Crippen LogP contribution in [-0.4, -0.2) is 28.5 Å². The van der Waals surface area contributed by atoms with E-state index in [2.05, 4.69) is 0 Å². The highest BCUT2D eigenvalue weighted by Gasteiger charge is 2.22. The SMILES string of the molecule is CCC(=O)N(CC(C)C(=O)O)c1cccc([N+](=O)[O-])c1. The zero-order valence-corrected chi connectivity index (χ0v) is 11.3. The van der Waals surface area contributed by atoms with E-state index in [1.165, 1.54) is 30.0 Å². The van der Waals surface area contributed by atoms with E-state index in [1.807, 2.05) is 0 Å². The van der Waals surface area contributed by atoms with Crippen molar-refractivity contribution in [3.05, 3.63) is 34.4 Å². The summed E-state index contributed by atoms with van der Waals surface area (Å²) in [6, 6.07) is 5.60. The van der Waals surface area contributed by atoms with Gasteiger partial charge in [0.25, 0.3) is 5.69 Å². The van der Waals surface area contributed by atoms with Crippen molar-refractivity contribution in [2.24, 2.45) is 5.92 Å². The first-order chi connectivity index (χ1) is 9.36. The van der Waals surface area contributed by atoms with E-state index in [1.54, 1.807) is 13.0 Å². The largest absolute Gasteiger partial charge is 0.481 e. The molecule has 0 spiro atoms. The third-order valence-corrected chi connectivity index (χ3v) is 2.83. The zero-order valence-electron chi connectivity index (χ0n) is 11.3. The molecule has 1 N–H and O–H groups in total. The fraction of sp³-hybridized carbons (Fsp3) is 0.385. The lowest BCUT2D eigenvalue weighted by atomic mass is 10.1. The number of carboxylic acid groups (broad SMARTS) is 1. The predicted molar refractivity (Wildman–Crippen MR) is 72.5 cm³/mol. The van der Waals surface area contributed by atoms with Gasteiger partial charge in [0.05, 0.1) is 16.5 Å². The number of hydrogen-bond acceptors (Lipinski definition) is 4. The van der Waals surface area contributed by atoms with Gasteiger partial charge < -0.3 is 10.0 Å². The van der Waals surface area contributed by atoms with Crippen molar-refractivity contribution < 1.29 is 19.6 Å². The quantitative estimate of drug-likeness (QED) is 0.635. The van der Waals surface area contributed by atoms with E-state index >= 15 is 0 Å². The van der Waals surface area contributed by atoms with Crippen LogP contribution in [0.2, 0.25) is 0 Å². The summed E-state index contributed by atoms with van der Waals surface area (Å²) >= 11 is 0. The molecule has 0 bridgehead atoms. The molecule has 1 unspecified atom stereocenters. The molecular formula is C13H16N2O5. The van der Waals surface area contributed by atoms with Crippen LogP contribution in [0.3, 0.4) is 0 Å². The maximum absolute atomic E-state index is 11.9. The van der Waals surface area contributed by atoms with Crippen LogP contribution in [-0.2, 0) is 9.59 Å². The molecular weight excluding hydrogens is 264 g/mol. The number of carbonyl (C=O) groups excluding carboxylic acids is 1. The molecule has 1 aromatic rings. The molecule has 0 aliphatic rings. The number of carbonyl (C=O) groups is 2. The summed E-state index contributed by atoms with van der Waals surface area (Å²) in [5.41, 5.74) is 0.193. The van der Waals surface area contributed by atoms with Crippen LogP contribution in [0.5, 0.6) is 0 Å². The molecule has 0 fully saturated rings. The molecule has 0 aromatic heterocycles. The number of aliphatic carboxylic acids is 1. The highest BCUT2D eigenvalue weighted by molar-refractivity contribution is 5.94. The number of anilines is 1. The van der Waals surface area contributed by atoms with Crippen LogP contribution in [0.15, 0.2) is 24.3 Å². The number of amides is 1. The molecule has 1 amide bonds. The number of hydrogen-bond donors (Lipinski definition) is 1. The molecule has 0 heterocycles. The van der Waals surface area contributed by atoms with E-state index in [0.717, 1.165) is 0 Å². The van der Waals surface area contributed by atoms with Crippen molar-refractivity contribution in [2.75, 3.05) is 11.4 Å². The zero-order chi connectivity index (χ0) is 15.3. The fourth-order valence-electron chi connectivity index (χ4n) is 1.67. The van der Waals surface area contributed by atoms with Crippen molar-refractivity contribution in [3.63, 3.8) is 0 Å². The molecule has 0 saturated heterocycles. The number of benzene rings is 1. The Morgan fingerprint density at radius 2 is 2.10 bits per heavy atom. The van der Waals surface area contributed by atoms with Gasteiger partial charge in [-0.1, -0.05) is 19.9 Å². The van der Waals surface area contributed by atoms with Gasteiger partial charge in [-0.2, -0.15) is 0 Å². The molecule has 7 nitrogen and oxygen atoms in total. The minimum absolute atomic E-state index is 0.0246. The van der Waals surface area contributed by atoms with Gasteiger partial charge in [0.15, 0.2) is 0 Å². The Balaban J connectivity index is 3.10. The van der Waals surface area contributed by atoms with Crippen molar-refractivity contribution in [1.29, 1.82) is 0 Å². The van der Waals surface area contributed by atoms with E-state index < -0.39 is 16.8 Å². The van der Waals surface area contributed by atoms with Crippen molar-refractivity contribution in [1.82, 2.24) is 0 Å². The second-order valence-electron chi connectivity index (χ2n) is 4.37. The maximum atomic E-state index is 11.9. The van der Waals surface area contributed by atoms with Crippen LogP contribution >= 0.6 is 0 Å². The molecule has 0 aliphatic carbocycles. The van der Waals surface area contributed by atoms with E-state index in [9.17, 15) is 19.7 Å². The summed E-state index contributed by atoms with van der Waals surface area (Å²) in [7, 11) is 0. The van der Waals surface area contributed by atoms with Gasteiger partial charge in [0.2, 0.25) is 5.91 Å². The fourth-order valence-corrected chi connectivity index (χ4v) is 1.67. The second-order valence-corrected chi connectivity index (χ2v) is 4.37. The van der Waals surface area contributed by atoms with Gasteiger partial charge in [-0.3, -0.25) is 19.7 Å². The highest BCUT2D eigenvalue weighted by Crippen LogP contribution is 2.22. The summed E-state index contributed by atoms with van der Waals surface area (Å²) in [6.07, 6.45) is 0.190. The predicted octanol–water partition coefficient (Wildman–Crippen LogP) is 2.06. The van der Waals surface area contributed by atoms with E-state index in [0.29, 0.717) is 5.69 Å². The van der Waals surface area contributed by atoms with Crippen LogP contribution in [0, 0.1) is 16.0 Å². The molecule has 20 heavy (non-hydrogen) atoms. The number of rotatable bonds is 6. The Bertz CT molecular complexity index is 529. The molecule has 0 radical (unpaired) electrons. The normalized spacial score (nSPS) is 11.7. The van der Waals surface area contributed by atoms with Crippen LogP contribution in [0.1, 0.15) is 20.3 Å². The number of non-ortho nitro benzene ring substituents is 1.